The first-order valence-electron chi connectivity index (χ1n) is 17.7. The minimum atomic E-state index is -0.377. The molecule has 0 radical (unpaired) electrons. The second-order valence-corrected chi connectivity index (χ2v) is 18.6. The minimum absolute atomic E-state index is 0.129. The summed E-state index contributed by atoms with van der Waals surface area (Å²) in [4.78, 5) is 0. The van der Waals surface area contributed by atoms with Crippen LogP contribution in [0, 0.1) is 21.7 Å². The Morgan fingerprint density at radius 2 is 0.933 bits per heavy atom. The van der Waals surface area contributed by atoms with Gasteiger partial charge in [0.1, 0.15) is 0 Å². The molecule has 0 bridgehead atoms. The number of hydrogen-bond donors (Lipinski definition) is 0. The zero-order valence-corrected chi connectivity index (χ0v) is 30.4. The van der Waals surface area contributed by atoms with E-state index >= 15 is 0 Å². The second-order valence-electron chi connectivity index (χ2n) is 18.6. The molecule has 5 heteroatoms. The summed E-state index contributed by atoms with van der Waals surface area (Å²) in [5, 5.41) is 0. The maximum Gasteiger partial charge on any atom is 0.466 e. The summed E-state index contributed by atoms with van der Waals surface area (Å²) in [7, 11) is -0.294. The van der Waals surface area contributed by atoms with E-state index in [1.54, 1.807) is 16.5 Å². The number of rotatable bonds is 5. The highest BCUT2D eigenvalue weighted by atomic mass is 16.7. The third-order valence-corrected chi connectivity index (χ3v) is 14.0. The maximum atomic E-state index is 7.00. The standard InChI is InChI=1S/C40H57B3O2/c1-35(2)24-41(25-36(35,3)4)30-23-31(43-44-39(9,10)40(11,12)45-43)33(29-21-17-14-18-22-29)34(32(30)28-19-15-13-16-20-28)42-26-37(5,6)38(7,8)27-42/h13-22,31H,23-27H2,1-12H3. The summed E-state index contributed by atoms with van der Waals surface area (Å²) >= 11 is 0. The smallest absolute Gasteiger partial charge is 0.403 e. The summed E-state index contributed by atoms with van der Waals surface area (Å²) in [6.45, 7) is 29.8. The summed E-state index contributed by atoms with van der Waals surface area (Å²) in [6.07, 6.45) is 5.79. The molecular weight excluding hydrogens is 545 g/mol. The highest BCUT2D eigenvalue weighted by Gasteiger charge is 2.58. The van der Waals surface area contributed by atoms with E-state index in [1.165, 1.54) is 42.0 Å². The Kier molecular flexibility index (Phi) is 7.89. The van der Waals surface area contributed by atoms with Crippen LogP contribution in [0.5, 0.6) is 0 Å². The van der Waals surface area contributed by atoms with Gasteiger partial charge in [0, 0.05) is 5.82 Å². The molecule has 3 saturated heterocycles. The van der Waals surface area contributed by atoms with Crippen molar-refractivity contribution in [2.24, 2.45) is 21.7 Å². The van der Waals surface area contributed by atoms with E-state index < -0.39 is 0 Å². The quantitative estimate of drug-likeness (QED) is 0.317. The summed E-state index contributed by atoms with van der Waals surface area (Å²) < 4.78 is 14.0. The van der Waals surface area contributed by atoms with Gasteiger partial charge >= 0.3 is 7.12 Å². The largest absolute Gasteiger partial charge is 0.466 e. The average Bonchev–Trinajstić information content (AvgIpc) is 3.41. The van der Waals surface area contributed by atoms with Gasteiger partial charge < -0.3 is 9.31 Å². The number of allylic oxidation sites excluding steroid dienone is 4. The second kappa shape index (κ2) is 10.8. The van der Waals surface area contributed by atoms with Gasteiger partial charge in [0.25, 0.3) is 0 Å². The molecule has 0 N–H and O–H groups in total. The third kappa shape index (κ3) is 5.46. The molecule has 238 valence electrons. The van der Waals surface area contributed by atoms with Gasteiger partial charge in [0.15, 0.2) is 13.4 Å². The van der Waals surface area contributed by atoms with E-state index in [4.69, 9.17) is 9.31 Å². The molecule has 0 aromatic heterocycles. The molecule has 2 nitrogen and oxygen atoms in total. The lowest BCUT2D eigenvalue weighted by Gasteiger charge is -2.38. The van der Waals surface area contributed by atoms with Crippen molar-refractivity contribution in [3.63, 3.8) is 0 Å². The van der Waals surface area contributed by atoms with E-state index in [0.717, 1.165) is 6.42 Å². The van der Waals surface area contributed by atoms with Crippen LogP contribution in [0.25, 0.3) is 11.1 Å². The van der Waals surface area contributed by atoms with Crippen molar-refractivity contribution in [3.8, 4) is 0 Å². The van der Waals surface area contributed by atoms with Crippen LogP contribution < -0.4 is 0 Å². The molecule has 2 aromatic carbocycles. The van der Waals surface area contributed by atoms with Crippen molar-refractivity contribution in [2.45, 2.75) is 132 Å². The normalized spacial score (nSPS) is 27.9. The molecule has 0 saturated carbocycles. The highest BCUT2D eigenvalue weighted by molar-refractivity contribution is 6.76. The lowest BCUT2D eigenvalue weighted by atomic mass is 9.31. The van der Waals surface area contributed by atoms with Gasteiger partial charge in [-0.25, -0.2) is 0 Å². The van der Waals surface area contributed by atoms with Crippen LogP contribution in [0.15, 0.2) is 71.6 Å². The highest BCUT2D eigenvalue weighted by Crippen LogP contribution is 2.62. The van der Waals surface area contributed by atoms with E-state index in [0.29, 0.717) is 13.4 Å². The molecule has 0 amide bonds. The van der Waals surface area contributed by atoms with Crippen molar-refractivity contribution in [1.82, 2.24) is 0 Å². The van der Waals surface area contributed by atoms with Gasteiger partial charge in [-0.05, 0) is 78.0 Å². The number of benzene rings is 2. The Morgan fingerprint density at radius 3 is 1.38 bits per heavy atom. The Morgan fingerprint density at radius 1 is 0.533 bits per heavy atom. The average molecular weight is 602 g/mol. The molecule has 3 heterocycles. The van der Waals surface area contributed by atoms with Crippen LogP contribution in [-0.2, 0) is 9.31 Å². The van der Waals surface area contributed by atoms with Crippen LogP contribution in [0.1, 0.15) is 101 Å². The van der Waals surface area contributed by atoms with E-state index in [2.05, 4.69) is 144 Å². The van der Waals surface area contributed by atoms with Gasteiger partial charge in [-0.2, -0.15) is 0 Å². The Bertz CT molecular complexity index is 1450. The van der Waals surface area contributed by atoms with Gasteiger partial charge in [-0.3, -0.25) is 0 Å². The van der Waals surface area contributed by atoms with Crippen LogP contribution in [0.2, 0.25) is 31.1 Å². The first-order valence-corrected chi connectivity index (χ1v) is 17.7. The Balaban J connectivity index is 1.66. The number of hydrogen-bond acceptors (Lipinski definition) is 2. The first kappa shape index (κ1) is 33.0. The summed E-state index contributed by atoms with van der Waals surface area (Å²) in [5.74, 6) is 0.129. The molecule has 1 unspecified atom stereocenters. The Labute approximate surface area is 276 Å². The van der Waals surface area contributed by atoms with Gasteiger partial charge in [-0.1, -0.05) is 152 Å². The third-order valence-electron chi connectivity index (χ3n) is 14.0. The van der Waals surface area contributed by atoms with E-state index in [-0.39, 0.29) is 45.8 Å². The van der Waals surface area contributed by atoms with Crippen molar-refractivity contribution in [3.05, 3.63) is 82.7 Å². The van der Waals surface area contributed by atoms with Crippen LogP contribution >= 0.6 is 0 Å². The first-order chi connectivity index (χ1) is 20.8. The van der Waals surface area contributed by atoms with Gasteiger partial charge in [0.2, 0.25) is 0 Å². The molecule has 3 aliphatic heterocycles. The topological polar surface area (TPSA) is 18.5 Å². The zero-order chi connectivity index (χ0) is 32.8. The fourth-order valence-corrected chi connectivity index (χ4v) is 9.13. The molecule has 1 atom stereocenters. The molecular formula is C40H57B3O2. The monoisotopic (exact) mass is 602 g/mol. The summed E-state index contributed by atoms with van der Waals surface area (Å²) in [5.41, 5.74) is 9.21. The zero-order valence-electron chi connectivity index (χ0n) is 30.4. The van der Waals surface area contributed by atoms with Crippen molar-refractivity contribution >= 4 is 31.7 Å². The molecule has 2 aromatic rings. The lowest BCUT2D eigenvalue weighted by Crippen LogP contribution is -2.41. The van der Waals surface area contributed by atoms with Crippen molar-refractivity contribution in [1.29, 1.82) is 0 Å². The van der Waals surface area contributed by atoms with Crippen LogP contribution in [-0.4, -0.2) is 31.7 Å². The fourth-order valence-electron chi connectivity index (χ4n) is 9.13. The maximum absolute atomic E-state index is 7.00. The van der Waals surface area contributed by atoms with Crippen LogP contribution in [0.4, 0.5) is 0 Å². The predicted molar refractivity (Wildman–Crippen MR) is 197 cm³/mol. The SMILES string of the molecule is CC1(C)CB(C2=C(c3ccccc3)C(B3CC(C)(C)C(C)(C)C3)=C(c3ccccc3)C(B3OC(C)(C)C(C)(C)O3)C2)CC1(C)C. The van der Waals surface area contributed by atoms with Gasteiger partial charge in [0.05, 0.1) is 11.2 Å². The van der Waals surface area contributed by atoms with Gasteiger partial charge in [-0.15, -0.1) is 0 Å². The molecule has 1 aliphatic carbocycles. The molecule has 0 spiro atoms. The van der Waals surface area contributed by atoms with Crippen molar-refractivity contribution in [2.75, 3.05) is 0 Å². The molecule has 4 aliphatic rings. The molecule has 45 heavy (non-hydrogen) atoms. The molecule has 6 rings (SSSR count). The van der Waals surface area contributed by atoms with Crippen LogP contribution in [0.3, 0.4) is 0 Å². The van der Waals surface area contributed by atoms with E-state index in [9.17, 15) is 0 Å². The molecule has 3 fully saturated rings. The predicted octanol–water partition coefficient (Wildman–Crippen LogP) is 11.0. The summed E-state index contributed by atoms with van der Waals surface area (Å²) in [6, 6.07) is 22.7. The minimum Gasteiger partial charge on any atom is -0.403 e. The lowest BCUT2D eigenvalue weighted by molar-refractivity contribution is 0.00578. The van der Waals surface area contributed by atoms with Crippen molar-refractivity contribution < 1.29 is 9.31 Å². The fraction of sp³-hybridized carbons (Fsp3) is 0.600. The Hall–Kier alpha value is -1.97. The van der Waals surface area contributed by atoms with E-state index in [1.807, 2.05) is 0 Å².